The molecule has 1 amide bonds. The lowest BCUT2D eigenvalue weighted by molar-refractivity contribution is -0.141. The first-order valence-electron chi connectivity index (χ1n) is 8.91. The normalized spacial score (nSPS) is 14.0. The standard InChI is InChI=1S/C20H23F3N2O3/c1-12-7-16(13(2)25(12)11-20(21,22)23)19(26)24-6-5-14-8-17(27-3)18(28-4)9-15(14)10-24/h7-9H,5-6,10-11H2,1-4H3. The number of rotatable bonds is 4. The highest BCUT2D eigenvalue weighted by Crippen LogP contribution is 2.34. The molecule has 0 saturated heterocycles. The fourth-order valence-electron chi connectivity index (χ4n) is 3.67. The second kappa shape index (κ2) is 7.41. The minimum atomic E-state index is -4.34. The fourth-order valence-corrected chi connectivity index (χ4v) is 3.67. The number of ether oxygens (including phenoxy) is 2. The predicted octanol–water partition coefficient (Wildman–Crippen LogP) is 3.88. The Morgan fingerprint density at radius 1 is 1.07 bits per heavy atom. The van der Waals surface area contributed by atoms with Crippen LogP contribution in [0.25, 0.3) is 0 Å². The van der Waals surface area contributed by atoms with E-state index in [1.807, 2.05) is 12.1 Å². The van der Waals surface area contributed by atoms with E-state index in [0.717, 1.165) is 15.7 Å². The highest BCUT2D eigenvalue weighted by molar-refractivity contribution is 5.96. The van der Waals surface area contributed by atoms with Crippen LogP contribution in [0, 0.1) is 13.8 Å². The molecule has 5 nitrogen and oxygen atoms in total. The Morgan fingerprint density at radius 2 is 1.68 bits per heavy atom. The van der Waals surface area contributed by atoms with Crippen molar-refractivity contribution in [1.29, 1.82) is 0 Å². The van der Waals surface area contributed by atoms with E-state index < -0.39 is 12.7 Å². The molecular formula is C20H23F3N2O3. The zero-order valence-corrected chi connectivity index (χ0v) is 16.3. The predicted molar refractivity (Wildman–Crippen MR) is 98.0 cm³/mol. The molecule has 2 aromatic rings. The number of nitrogens with zero attached hydrogens (tertiary/aromatic N) is 2. The number of hydrogen-bond acceptors (Lipinski definition) is 3. The number of carbonyl (C=O) groups excluding carboxylic acids is 1. The van der Waals surface area contributed by atoms with E-state index in [2.05, 4.69) is 0 Å². The van der Waals surface area contributed by atoms with E-state index in [1.54, 1.807) is 33.0 Å². The van der Waals surface area contributed by atoms with Crippen LogP contribution in [-0.2, 0) is 19.5 Å². The Morgan fingerprint density at radius 3 is 2.25 bits per heavy atom. The molecule has 8 heteroatoms. The average molecular weight is 396 g/mol. The van der Waals surface area contributed by atoms with Crippen molar-refractivity contribution in [3.63, 3.8) is 0 Å². The van der Waals surface area contributed by atoms with Crippen molar-refractivity contribution in [3.05, 3.63) is 46.3 Å². The molecule has 3 rings (SSSR count). The van der Waals surface area contributed by atoms with Gasteiger partial charge in [-0.25, -0.2) is 0 Å². The molecular weight excluding hydrogens is 373 g/mol. The number of halogens is 3. The minimum Gasteiger partial charge on any atom is -0.493 e. The van der Waals surface area contributed by atoms with Crippen LogP contribution >= 0.6 is 0 Å². The Kier molecular flexibility index (Phi) is 5.32. The maximum Gasteiger partial charge on any atom is 0.406 e. The van der Waals surface area contributed by atoms with Gasteiger partial charge in [0.15, 0.2) is 11.5 Å². The van der Waals surface area contributed by atoms with Gasteiger partial charge in [-0.3, -0.25) is 4.79 Å². The first-order chi connectivity index (χ1) is 13.1. The maximum atomic E-state index is 13.0. The van der Waals surface area contributed by atoms with E-state index in [9.17, 15) is 18.0 Å². The zero-order chi connectivity index (χ0) is 20.6. The second-order valence-corrected chi connectivity index (χ2v) is 6.94. The van der Waals surface area contributed by atoms with Crippen molar-refractivity contribution in [2.24, 2.45) is 0 Å². The number of aromatic nitrogens is 1. The van der Waals surface area contributed by atoms with Crippen LogP contribution < -0.4 is 9.47 Å². The van der Waals surface area contributed by atoms with Crippen LogP contribution in [0.4, 0.5) is 13.2 Å². The van der Waals surface area contributed by atoms with Gasteiger partial charge in [0.05, 0.1) is 19.8 Å². The summed E-state index contributed by atoms with van der Waals surface area (Å²) in [6.45, 7) is 2.90. The van der Waals surface area contributed by atoms with Gasteiger partial charge in [0.2, 0.25) is 0 Å². The number of methoxy groups -OCH3 is 2. The van der Waals surface area contributed by atoms with Crippen molar-refractivity contribution in [3.8, 4) is 11.5 Å². The summed E-state index contributed by atoms with van der Waals surface area (Å²) in [7, 11) is 3.12. The summed E-state index contributed by atoms with van der Waals surface area (Å²) >= 11 is 0. The Hall–Kier alpha value is -2.64. The Bertz CT molecular complexity index is 903. The molecule has 1 aliphatic heterocycles. The number of benzene rings is 1. The lowest BCUT2D eigenvalue weighted by atomic mass is 9.98. The summed E-state index contributed by atoms with van der Waals surface area (Å²) in [4.78, 5) is 14.7. The van der Waals surface area contributed by atoms with Crippen molar-refractivity contribution in [1.82, 2.24) is 9.47 Å². The molecule has 1 aromatic heterocycles. The summed E-state index contributed by atoms with van der Waals surface area (Å²) in [5.41, 5.74) is 3.08. The van der Waals surface area contributed by atoms with Gasteiger partial charge in [-0.05, 0) is 49.6 Å². The summed E-state index contributed by atoms with van der Waals surface area (Å²) in [6, 6.07) is 5.29. The maximum absolute atomic E-state index is 13.0. The molecule has 0 N–H and O–H groups in total. The number of amides is 1. The third kappa shape index (κ3) is 3.81. The molecule has 0 saturated carbocycles. The van der Waals surface area contributed by atoms with Crippen molar-refractivity contribution < 1.29 is 27.4 Å². The smallest absolute Gasteiger partial charge is 0.406 e. The molecule has 1 aliphatic rings. The Labute approximate surface area is 161 Å². The van der Waals surface area contributed by atoms with Crippen LogP contribution in [-0.4, -0.2) is 42.3 Å². The van der Waals surface area contributed by atoms with Crippen LogP contribution in [0.5, 0.6) is 11.5 Å². The van der Waals surface area contributed by atoms with Crippen molar-refractivity contribution in [2.75, 3.05) is 20.8 Å². The molecule has 0 aliphatic carbocycles. The lowest BCUT2D eigenvalue weighted by Crippen LogP contribution is -2.36. The summed E-state index contributed by atoms with van der Waals surface area (Å²) in [5.74, 6) is 0.956. The van der Waals surface area contributed by atoms with Crippen molar-refractivity contribution in [2.45, 2.75) is 39.5 Å². The highest BCUT2D eigenvalue weighted by atomic mass is 19.4. The number of fused-ring (bicyclic) bond motifs is 1. The van der Waals surface area contributed by atoms with E-state index in [0.29, 0.717) is 48.0 Å². The van der Waals surface area contributed by atoms with Crippen LogP contribution in [0.15, 0.2) is 18.2 Å². The van der Waals surface area contributed by atoms with Gasteiger partial charge in [0, 0.05) is 24.5 Å². The number of alkyl halides is 3. The van der Waals surface area contributed by atoms with Gasteiger partial charge in [-0.1, -0.05) is 0 Å². The third-order valence-corrected chi connectivity index (χ3v) is 5.15. The molecule has 0 unspecified atom stereocenters. The van der Waals surface area contributed by atoms with Gasteiger partial charge < -0.3 is 18.9 Å². The van der Waals surface area contributed by atoms with E-state index in [4.69, 9.17) is 9.47 Å². The summed E-state index contributed by atoms with van der Waals surface area (Å²) < 4.78 is 50.3. The van der Waals surface area contributed by atoms with Crippen LogP contribution in [0.3, 0.4) is 0 Å². The van der Waals surface area contributed by atoms with Gasteiger partial charge in [0.1, 0.15) is 6.54 Å². The molecule has 0 atom stereocenters. The molecule has 0 spiro atoms. The molecule has 2 heterocycles. The zero-order valence-electron chi connectivity index (χ0n) is 16.3. The molecule has 0 radical (unpaired) electrons. The first kappa shape index (κ1) is 20.1. The highest BCUT2D eigenvalue weighted by Gasteiger charge is 2.31. The summed E-state index contributed by atoms with van der Waals surface area (Å²) in [6.07, 6.45) is -3.70. The van der Waals surface area contributed by atoms with Gasteiger partial charge in [0.25, 0.3) is 5.91 Å². The molecule has 0 fully saturated rings. The largest absolute Gasteiger partial charge is 0.493 e. The van der Waals surface area contributed by atoms with Gasteiger partial charge in [-0.15, -0.1) is 0 Å². The lowest BCUT2D eigenvalue weighted by Gasteiger charge is -2.29. The fraction of sp³-hybridized carbons (Fsp3) is 0.450. The monoisotopic (exact) mass is 396 g/mol. The topological polar surface area (TPSA) is 43.7 Å². The number of hydrogen-bond donors (Lipinski definition) is 0. The first-order valence-corrected chi connectivity index (χ1v) is 8.91. The molecule has 0 bridgehead atoms. The third-order valence-electron chi connectivity index (χ3n) is 5.15. The quantitative estimate of drug-likeness (QED) is 0.788. The Balaban J connectivity index is 1.86. The minimum absolute atomic E-state index is 0.262. The van der Waals surface area contributed by atoms with Crippen molar-refractivity contribution >= 4 is 5.91 Å². The van der Waals surface area contributed by atoms with E-state index in [-0.39, 0.29) is 5.91 Å². The SMILES string of the molecule is COc1cc2c(cc1OC)CN(C(=O)c1cc(C)n(CC(F)(F)F)c1C)CC2. The summed E-state index contributed by atoms with van der Waals surface area (Å²) in [5, 5.41) is 0. The number of aryl methyl sites for hydroxylation is 1. The van der Waals surface area contributed by atoms with E-state index in [1.165, 1.54) is 6.07 Å². The molecule has 152 valence electrons. The van der Waals surface area contributed by atoms with E-state index >= 15 is 0 Å². The van der Waals surface area contributed by atoms with Crippen LogP contribution in [0.2, 0.25) is 0 Å². The van der Waals surface area contributed by atoms with Gasteiger partial charge in [-0.2, -0.15) is 13.2 Å². The molecule has 28 heavy (non-hydrogen) atoms. The second-order valence-electron chi connectivity index (χ2n) is 6.94. The average Bonchev–Trinajstić information content (AvgIpc) is 2.92. The van der Waals surface area contributed by atoms with Gasteiger partial charge >= 0.3 is 6.18 Å². The molecule has 1 aromatic carbocycles. The number of carbonyl (C=O) groups is 1. The van der Waals surface area contributed by atoms with Crippen LogP contribution in [0.1, 0.15) is 32.9 Å².